The largest absolute Gasteiger partial charge is 0.497 e. The Labute approximate surface area is 150 Å². The van der Waals surface area contributed by atoms with Gasteiger partial charge in [-0.25, -0.2) is 4.68 Å². The number of rotatable bonds is 3. The number of hydrogen-bond acceptors (Lipinski definition) is 6. The summed E-state index contributed by atoms with van der Waals surface area (Å²) in [7, 11) is 3.14. The lowest BCUT2D eigenvalue weighted by molar-refractivity contribution is -0.0858. The Hall–Kier alpha value is -2.45. The molecule has 2 aliphatic rings. The normalized spacial score (nSPS) is 22.5. The van der Waals surface area contributed by atoms with Crippen molar-refractivity contribution in [3.05, 3.63) is 56.4 Å². The number of ether oxygens (including phenoxy) is 2. The molecule has 1 aromatic carbocycles. The van der Waals surface area contributed by atoms with Crippen molar-refractivity contribution in [3.8, 4) is 5.75 Å². The van der Waals surface area contributed by atoms with Crippen LogP contribution in [-0.2, 0) is 31.5 Å². The predicted molar refractivity (Wildman–Crippen MR) is 94.1 cm³/mol. The molecule has 138 valence electrons. The Balaban J connectivity index is 1.50. The summed E-state index contributed by atoms with van der Waals surface area (Å²) in [5, 5.41) is 4.15. The summed E-state index contributed by atoms with van der Waals surface area (Å²) in [4.78, 5) is 26.5. The van der Waals surface area contributed by atoms with Crippen LogP contribution in [-0.4, -0.2) is 45.0 Å². The maximum Gasteiger partial charge on any atom is 0.332 e. The topological polar surface area (TPSA) is 78.6 Å². The summed E-state index contributed by atoms with van der Waals surface area (Å²) in [6, 6.07) is 8.02. The molecule has 4 rings (SSSR count). The first-order chi connectivity index (χ1) is 12.5. The summed E-state index contributed by atoms with van der Waals surface area (Å²) in [6.45, 7) is 3.04. The maximum absolute atomic E-state index is 12.3. The molecule has 1 saturated heterocycles. The third kappa shape index (κ3) is 2.95. The number of aryl methyl sites for hydroxylation is 1. The van der Waals surface area contributed by atoms with Crippen LogP contribution in [0.15, 0.2) is 33.9 Å². The molecule has 2 aliphatic heterocycles. The fraction of sp³-hybridized carbons (Fsp3) is 0.500. The van der Waals surface area contributed by atoms with Crippen molar-refractivity contribution < 1.29 is 9.47 Å². The average Bonchev–Trinajstić information content (AvgIpc) is 3.03. The molecule has 1 spiro atoms. The minimum atomic E-state index is -0.598. The smallest absolute Gasteiger partial charge is 0.332 e. The molecule has 0 bridgehead atoms. The minimum Gasteiger partial charge on any atom is -0.497 e. The van der Waals surface area contributed by atoms with E-state index in [-0.39, 0.29) is 6.61 Å². The zero-order valence-corrected chi connectivity index (χ0v) is 15.0. The summed E-state index contributed by atoms with van der Waals surface area (Å²) < 4.78 is 13.9. The highest BCUT2D eigenvalue weighted by atomic mass is 16.5. The van der Waals surface area contributed by atoms with Crippen LogP contribution in [0.1, 0.15) is 17.8 Å². The Morgan fingerprint density at radius 2 is 1.96 bits per heavy atom. The van der Waals surface area contributed by atoms with Gasteiger partial charge in [0, 0.05) is 26.7 Å². The molecule has 8 nitrogen and oxygen atoms in total. The van der Waals surface area contributed by atoms with Crippen LogP contribution >= 0.6 is 0 Å². The van der Waals surface area contributed by atoms with Crippen molar-refractivity contribution in [1.29, 1.82) is 0 Å². The number of likely N-dealkylation sites (tertiary alicyclic amines) is 1. The fourth-order valence-electron chi connectivity index (χ4n) is 3.76. The van der Waals surface area contributed by atoms with Gasteiger partial charge in [0.15, 0.2) is 5.82 Å². The molecule has 0 unspecified atom stereocenters. The van der Waals surface area contributed by atoms with Crippen molar-refractivity contribution in [3.63, 3.8) is 0 Å². The van der Waals surface area contributed by atoms with E-state index in [2.05, 4.69) is 22.1 Å². The molecule has 3 heterocycles. The predicted octanol–water partition coefficient (Wildman–Crippen LogP) is 0.126. The van der Waals surface area contributed by atoms with Crippen molar-refractivity contribution in [2.45, 2.75) is 31.7 Å². The molecule has 0 amide bonds. The lowest BCUT2D eigenvalue weighted by Gasteiger charge is -2.35. The Kier molecular flexibility index (Phi) is 4.16. The lowest BCUT2D eigenvalue weighted by atomic mass is 10.0. The molecule has 0 saturated carbocycles. The second-order valence-corrected chi connectivity index (χ2v) is 7.02. The molecule has 1 aromatic heterocycles. The van der Waals surface area contributed by atoms with Gasteiger partial charge in [-0.1, -0.05) is 12.1 Å². The molecule has 1 fully saturated rings. The fourth-order valence-corrected chi connectivity index (χ4v) is 3.76. The summed E-state index contributed by atoms with van der Waals surface area (Å²) in [5.74, 6) is 1.35. The molecule has 0 radical (unpaired) electrons. The highest BCUT2D eigenvalue weighted by molar-refractivity contribution is 5.27. The zero-order chi connectivity index (χ0) is 18.3. The van der Waals surface area contributed by atoms with Crippen molar-refractivity contribution in [2.75, 3.05) is 20.2 Å². The molecule has 8 heteroatoms. The Morgan fingerprint density at radius 1 is 1.19 bits per heavy atom. The third-order valence-electron chi connectivity index (χ3n) is 5.21. The van der Waals surface area contributed by atoms with Gasteiger partial charge in [-0.15, -0.1) is 0 Å². The first-order valence-corrected chi connectivity index (χ1v) is 8.66. The van der Waals surface area contributed by atoms with Crippen LogP contribution in [0.4, 0.5) is 0 Å². The number of hydrogen-bond donors (Lipinski definition) is 0. The van der Waals surface area contributed by atoms with Crippen LogP contribution in [0, 0.1) is 0 Å². The van der Waals surface area contributed by atoms with Crippen molar-refractivity contribution >= 4 is 0 Å². The number of nitrogens with zero attached hydrogens (tertiary/aromatic N) is 4. The van der Waals surface area contributed by atoms with Gasteiger partial charge in [-0.2, -0.15) is 5.10 Å². The van der Waals surface area contributed by atoms with Gasteiger partial charge in [0.25, 0.3) is 0 Å². The van der Waals surface area contributed by atoms with E-state index in [4.69, 9.17) is 9.47 Å². The van der Waals surface area contributed by atoms with E-state index in [0.29, 0.717) is 12.4 Å². The third-order valence-corrected chi connectivity index (χ3v) is 5.21. The van der Waals surface area contributed by atoms with E-state index >= 15 is 0 Å². The summed E-state index contributed by atoms with van der Waals surface area (Å²) in [5.41, 5.74) is -0.350. The van der Waals surface area contributed by atoms with Gasteiger partial charge in [-0.05, 0) is 24.1 Å². The molecule has 2 aromatic rings. The maximum atomic E-state index is 12.3. The molecular formula is C18H22N4O4. The number of methoxy groups -OCH3 is 1. The Bertz CT molecular complexity index is 934. The van der Waals surface area contributed by atoms with E-state index in [1.54, 1.807) is 7.11 Å². The lowest BCUT2D eigenvalue weighted by Crippen LogP contribution is -2.52. The van der Waals surface area contributed by atoms with Gasteiger partial charge in [0.2, 0.25) is 0 Å². The highest BCUT2D eigenvalue weighted by Gasteiger charge is 2.43. The minimum absolute atomic E-state index is 0.250. The van der Waals surface area contributed by atoms with E-state index in [1.807, 2.05) is 12.1 Å². The van der Waals surface area contributed by atoms with E-state index in [1.165, 1.54) is 17.2 Å². The quantitative estimate of drug-likeness (QED) is 0.726. The molecule has 1 atom stereocenters. The van der Waals surface area contributed by atoms with Crippen LogP contribution in [0.25, 0.3) is 0 Å². The average molecular weight is 358 g/mol. The van der Waals surface area contributed by atoms with Gasteiger partial charge >= 0.3 is 11.1 Å². The van der Waals surface area contributed by atoms with E-state index in [0.717, 1.165) is 36.5 Å². The summed E-state index contributed by atoms with van der Waals surface area (Å²) >= 11 is 0. The van der Waals surface area contributed by atoms with E-state index < -0.39 is 16.7 Å². The highest BCUT2D eigenvalue weighted by Crippen LogP contribution is 2.31. The standard InChI is InChI=1S/C18H22N4O4/c1-20-16(23)17(24)22-12-18(26-10-15(22)19-20)7-8-21(11-18)9-13-3-5-14(25-2)6-4-13/h3-6H,7-12H2,1-2H3/t18-/m1/s1. The molecule has 0 aliphatic carbocycles. The zero-order valence-electron chi connectivity index (χ0n) is 15.0. The second kappa shape index (κ2) is 6.37. The molecule has 0 N–H and O–H groups in total. The van der Waals surface area contributed by atoms with Gasteiger partial charge in [0.05, 0.1) is 13.7 Å². The number of fused-ring (bicyclic) bond motifs is 1. The Morgan fingerprint density at radius 3 is 2.69 bits per heavy atom. The molecular weight excluding hydrogens is 336 g/mol. The van der Waals surface area contributed by atoms with Gasteiger partial charge < -0.3 is 9.47 Å². The van der Waals surface area contributed by atoms with Crippen LogP contribution < -0.4 is 15.9 Å². The van der Waals surface area contributed by atoms with Gasteiger partial charge in [0.1, 0.15) is 18.0 Å². The molecule has 26 heavy (non-hydrogen) atoms. The summed E-state index contributed by atoms with van der Waals surface area (Å²) in [6.07, 6.45) is 0.824. The number of benzene rings is 1. The number of aromatic nitrogens is 3. The first kappa shape index (κ1) is 17.0. The second-order valence-electron chi connectivity index (χ2n) is 7.02. The SMILES string of the molecule is COc1ccc(CN2CC[C@@]3(C2)Cn2c(nn(C)c(=O)c2=O)CO3)cc1. The monoisotopic (exact) mass is 358 g/mol. The van der Waals surface area contributed by atoms with Crippen molar-refractivity contribution in [1.82, 2.24) is 19.2 Å². The van der Waals surface area contributed by atoms with Gasteiger partial charge in [-0.3, -0.25) is 19.1 Å². The first-order valence-electron chi connectivity index (χ1n) is 8.66. The van der Waals surface area contributed by atoms with Crippen LogP contribution in [0.5, 0.6) is 5.75 Å². The van der Waals surface area contributed by atoms with Crippen LogP contribution in [0.2, 0.25) is 0 Å². The van der Waals surface area contributed by atoms with E-state index in [9.17, 15) is 9.59 Å². The van der Waals surface area contributed by atoms with Crippen LogP contribution in [0.3, 0.4) is 0 Å². The van der Waals surface area contributed by atoms with Crippen molar-refractivity contribution in [2.24, 2.45) is 7.05 Å².